The number of nitrogens with one attached hydrogen (secondary N) is 1. The summed E-state index contributed by atoms with van der Waals surface area (Å²) in [6.07, 6.45) is 6.93. The first-order chi connectivity index (χ1) is 11.1. The smallest absolute Gasteiger partial charge is 0.234 e. The number of hydrogen-bond donors (Lipinski definition) is 1. The van der Waals surface area contributed by atoms with Crippen LogP contribution in [-0.2, 0) is 4.79 Å². The third-order valence-electron chi connectivity index (χ3n) is 5.05. The third-order valence-corrected chi connectivity index (χ3v) is 5.05. The van der Waals surface area contributed by atoms with Crippen LogP contribution in [0.25, 0.3) is 0 Å². The van der Waals surface area contributed by atoms with Gasteiger partial charge in [-0.25, -0.2) is 8.78 Å². The van der Waals surface area contributed by atoms with E-state index < -0.39 is 17.7 Å². The molecule has 0 aromatic heterocycles. The van der Waals surface area contributed by atoms with Crippen LogP contribution in [0.15, 0.2) is 42.1 Å². The summed E-state index contributed by atoms with van der Waals surface area (Å²) < 4.78 is 27.5. The molecule has 1 saturated heterocycles. The minimum atomic E-state index is -0.482. The Balaban J connectivity index is 1.58. The minimum Gasteiger partial charge on any atom is -0.312 e. The maximum Gasteiger partial charge on any atom is 0.234 e. The first kappa shape index (κ1) is 14.6. The van der Waals surface area contributed by atoms with Crippen molar-refractivity contribution in [2.24, 2.45) is 11.8 Å². The molecule has 3 aliphatic rings. The molecule has 1 aromatic rings. The van der Waals surface area contributed by atoms with Crippen LogP contribution in [0.5, 0.6) is 0 Å². The van der Waals surface area contributed by atoms with Gasteiger partial charge in [-0.1, -0.05) is 17.7 Å². The summed E-state index contributed by atoms with van der Waals surface area (Å²) in [6.45, 7) is 1.78. The van der Waals surface area contributed by atoms with Gasteiger partial charge in [-0.05, 0) is 37.0 Å². The molecule has 2 heterocycles. The molecule has 1 N–H and O–H groups in total. The van der Waals surface area contributed by atoms with Gasteiger partial charge in [0.25, 0.3) is 0 Å². The predicted octanol–water partition coefficient (Wildman–Crippen LogP) is 2.92. The van der Waals surface area contributed by atoms with E-state index in [-0.39, 0.29) is 17.4 Å². The van der Waals surface area contributed by atoms with Crippen molar-refractivity contribution in [3.05, 3.63) is 59.3 Å². The Labute approximate surface area is 133 Å². The molecule has 1 aromatic carbocycles. The van der Waals surface area contributed by atoms with Crippen molar-refractivity contribution in [3.63, 3.8) is 0 Å². The van der Waals surface area contributed by atoms with Gasteiger partial charge in [-0.2, -0.15) is 0 Å². The lowest BCUT2D eigenvalue weighted by Crippen LogP contribution is -2.32. The van der Waals surface area contributed by atoms with E-state index in [4.69, 9.17) is 0 Å². The van der Waals surface area contributed by atoms with Crippen LogP contribution in [0.3, 0.4) is 0 Å². The van der Waals surface area contributed by atoms with E-state index in [2.05, 4.69) is 11.4 Å². The normalized spacial score (nSPS) is 29.0. The predicted molar refractivity (Wildman–Crippen MR) is 82.3 cm³/mol. The van der Waals surface area contributed by atoms with Gasteiger partial charge in [-0.15, -0.1) is 0 Å². The van der Waals surface area contributed by atoms with E-state index in [9.17, 15) is 13.6 Å². The van der Waals surface area contributed by atoms with Crippen LogP contribution >= 0.6 is 0 Å². The molecule has 0 bridgehead atoms. The van der Waals surface area contributed by atoms with Gasteiger partial charge in [0, 0.05) is 24.9 Å². The maximum atomic E-state index is 14.1. The number of nitrogens with zero attached hydrogens (tertiary/aromatic N) is 1. The number of halogens is 2. The Kier molecular flexibility index (Phi) is 3.53. The van der Waals surface area contributed by atoms with Gasteiger partial charge >= 0.3 is 0 Å². The number of hydrogen-bond acceptors (Lipinski definition) is 2. The summed E-state index contributed by atoms with van der Waals surface area (Å²) in [5.41, 5.74) is 1.55. The largest absolute Gasteiger partial charge is 0.312 e. The minimum absolute atomic E-state index is 0.0192. The average Bonchev–Trinajstić information content (AvgIpc) is 3.23. The molecule has 2 aliphatic heterocycles. The Morgan fingerprint density at radius 2 is 2.17 bits per heavy atom. The molecule has 5 heteroatoms. The molecule has 3 unspecified atom stereocenters. The summed E-state index contributed by atoms with van der Waals surface area (Å²) >= 11 is 0. The molecular weight excluding hydrogens is 298 g/mol. The molecule has 1 fully saturated rings. The first-order valence-corrected chi connectivity index (χ1v) is 7.98. The Bertz CT molecular complexity index is 713. The highest BCUT2D eigenvalue weighted by atomic mass is 19.1. The zero-order chi connectivity index (χ0) is 16.0. The monoisotopic (exact) mass is 316 g/mol. The molecular formula is C18H18F2N2O. The van der Waals surface area contributed by atoms with Crippen LogP contribution in [0.4, 0.5) is 8.78 Å². The zero-order valence-electron chi connectivity index (χ0n) is 12.6. The molecule has 0 radical (unpaired) electrons. The van der Waals surface area contributed by atoms with Crippen molar-refractivity contribution in [2.45, 2.75) is 18.9 Å². The lowest BCUT2D eigenvalue weighted by Gasteiger charge is -2.27. The lowest BCUT2D eigenvalue weighted by molar-refractivity contribution is -0.133. The number of carbonyl (C=O) groups excluding carboxylic acids is 1. The molecule has 3 atom stereocenters. The second-order valence-electron chi connectivity index (χ2n) is 6.46. The topological polar surface area (TPSA) is 32.3 Å². The maximum absolute atomic E-state index is 14.1. The average molecular weight is 316 g/mol. The van der Waals surface area contributed by atoms with Gasteiger partial charge in [-0.3, -0.25) is 4.79 Å². The van der Waals surface area contributed by atoms with E-state index in [0.717, 1.165) is 31.6 Å². The number of carbonyl (C=O) groups is 1. The van der Waals surface area contributed by atoms with Crippen molar-refractivity contribution < 1.29 is 13.6 Å². The third kappa shape index (κ3) is 2.49. The molecule has 1 amide bonds. The molecule has 120 valence electrons. The van der Waals surface area contributed by atoms with Crippen molar-refractivity contribution in [2.75, 3.05) is 13.1 Å². The van der Waals surface area contributed by atoms with Gasteiger partial charge < -0.3 is 10.2 Å². The fourth-order valence-corrected chi connectivity index (χ4v) is 3.89. The Morgan fingerprint density at radius 1 is 1.30 bits per heavy atom. The second kappa shape index (κ2) is 5.57. The molecule has 3 nitrogen and oxygen atoms in total. The van der Waals surface area contributed by atoms with Gasteiger partial charge in [0.2, 0.25) is 5.91 Å². The van der Waals surface area contributed by atoms with Crippen molar-refractivity contribution in [3.8, 4) is 0 Å². The highest BCUT2D eigenvalue weighted by molar-refractivity contribution is 5.83. The molecule has 23 heavy (non-hydrogen) atoms. The number of fused-ring (bicyclic) bond motifs is 1. The quantitative estimate of drug-likeness (QED) is 0.851. The number of rotatable bonds is 2. The van der Waals surface area contributed by atoms with Crippen LogP contribution < -0.4 is 5.32 Å². The summed E-state index contributed by atoms with van der Waals surface area (Å²) in [6, 6.07) is 2.97. The van der Waals surface area contributed by atoms with E-state index in [1.54, 1.807) is 11.1 Å². The standard InChI is InChI=1S/C18H18F2N2O/c19-14-3-4-16(20)15(8-14)17-2-1-5-22(17)18(23)11-6-12-9-21-10-13(12)7-11/h1,3-6,8,11,13,17,21H,2,7,9-10H2. The SMILES string of the molecule is O=C(C1C=C2CNCC2C1)N1C=CCC1c1cc(F)ccc1F. The summed E-state index contributed by atoms with van der Waals surface area (Å²) in [7, 11) is 0. The van der Waals surface area contributed by atoms with Crippen LogP contribution in [0, 0.1) is 23.5 Å². The molecule has 0 spiro atoms. The fourth-order valence-electron chi connectivity index (χ4n) is 3.89. The van der Waals surface area contributed by atoms with Crippen LogP contribution in [-0.4, -0.2) is 23.9 Å². The van der Waals surface area contributed by atoms with Gasteiger partial charge in [0.1, 0.15) is 11.6 Å². The molecule has 4 rings (SSSR count). The number of benzene rings is 1. The van der Waals surface area contributed by atoms with E-state index >= 15 is 0 Å². The fraction of sp³-hybridized carbons (Fsp3) is 0.389. The Hall–Kier alpha value is -2.01. The summed E-state index contributed by atoms with van der Waals surface area (Å²) in [5.74, 6) is -0.679. The van der Waals surface area contributed by atoms with Crippen molar-refractivity contribution in [1.29, 1.82) is 0 Å². The highest BCUT2D eigenvalue weighted by Gasteiger charge is 2.38. The van der Waals surface area contributed by atoms with E-state index in [1.807, 2.05) is 6.08 Å². The van der Waals surface area contributed by atoms with Crippen LogP contribution in [0.1, 0.15) is 24.4 Å². The van der Waals surface area contributed by atoms with E-state index in [0.29, 0.717) is 12.3 Å². The van der Waals surface area contributed by atoms with Crippen molar-refractivity contribution in [1.82, 2.24) is 10.2 Å². The Morgan fingerprint density at radius 3 is 3.00 bits per heavy atom. The van der Waals surface area contributed by atoms with Crippen LogP contribution in [0.2, 0.25) is 0 Å². The summed E-state index contributed by atoms with van der Waals surface area (Å²) in [4.78, 5) is 14.4. The first-order valence-electron chi connectivity index (χ1n) is 7.98. The second-order valence-corrected chi connectivity index (χ2v) is 6.46. The number of amides is 1. The molecule has 1 aliphatic carbocycles. The van der Waals surface area contributed by atoms with Gasteiger partial charge in [0.05, 0.1) is 12.0 Å². The van der Waals surface area contributed by atoms with Gasteiger partial charge in [0.15, 0.2) is 0 Å². The lowest BCUT2D eigenvalue weighted by atomic mass is 9.99. The highest BCUT2D eigenvalue weighted by Crippen LogP contribution is 2.38. The zero-order valence-corrected chi connectivity index (χ0v) is 12.6. The van der Waals surface area contributed by atoms with E-state index in [1.165, 1.54) is 11.6 Å². The molecule has 0 saturated carbocycles. The summed E-state index contributed by atoms with van der Waals surface area (Å²) in [5, 5.41) is 3.30. The van der Waals surface area contributed by atoms with Crippen molar-refractivity contribution >= 4 is 5.91 Å².